The van der Waals surface area contributed by atoms with Crippen molar-refractivity contribution in [1.82, 2.24) is 5.32 Å². The summed E-state index contributed by atoms with van der Waals surface area (Å²) in [5.74, 6) is -0.894. The Balaban J connectivity index is 1.74. The number of esters is 1. The van der Waals surface area contributed by atoms with Gasteiger partial charge < -0.3 is 19.8 Å². The summed E-state index contributed by atoms with van der Waals surface area (Å²) >= 11 is 0. The zero-order valence-corrected chi connectivity index (χ0v) is 15.6. The Morgan fingerprint density at radius 2 is 1.96 bits per heavy atom. The number of benzene rings is 1. The highest BCUT2D eigenvalue weighted by atomic mass is 16.5. The molecule has 1 aromatic carbocycles. The number of furan rings is 1. The lowest BCUT2D eigenvalue weighted by atomic mass is 9.94. The first-order valence-corrected chi connectivity index (χ1v) is 8.82. The molecule has 0 bridgehead atoms. The Bertz CT molecular complexity index is 960. The molecule has 8 nitrogen and oxygen atoms in total. The Kier molecular flexibility index (Phi) is 5.58. The second kappa shape index (κ2) is 8.08. The highest BCUT2D eigenvalue weighted by molar-refractivity contribution is 6.08. The van der Waals surface area contributed by atoms with Crippen LogP contribution in [0.5, 0.6) is 0 Å². The molecule has 8 heteroatoms. The normalized spacial score (nSPS) is 12.9. The largest absolute Gasteiger partial charge is 0.468 e. The van der Waals surface area contributed by atoms with E-state index in [0.717, 1.165) is 0 Å². The van der Waals surface area contributed by atoms with Crippen LogP contribution < -0.4 is 10.6 Å². The minimum atomic E-state index is -0.565. The molecule has 1 heterocycles. The molecule has 28 heavy (non-hydrogen) atoms. The van der Waals surface area contributed by atoms with Crippen LogP contribution in [0.2, 0.25) is 0 Å². The van der Waals surface area contributed by atoms with Gasteiger partial charge in [0.05, 0.1) is 12.7 Å². The quantitative estimate of drug-likeness (QED) is 0.764. The third-order valence-corrected chi connectivity index (χ3v) is 4.52. The Morgan fingerprint density at radius 3 is 2.68 bits per heavy atom. The minimum Gasteiger partial charge on any atom is -0.468 e. The number of hydrogen-bond acceptors (Lipinski definition) is 6. The van der Waals surface area contributed by atoms with Gasteiger partial charge in [0.25, 0.3) is 11.8 Å². The average molecular weight is 384 g/mol. The fourth-order valence-electron chi connectivity index (χ4n) is 3.12. The number of methoxy groups -OCH3 is 1. The molecular formula is C20H20N2O6. The van der Waals surface area contributed by atoms with E-state index in [-0.39, 0.29) is 23.7 Å². The first kappa shape index (κ1) is 19.3. The van der Waals surface area contributed by atoms with Crippen LogP contribution >= 0.6 is 0 Å². The van der Waals surface area contributed by atoms with Crippen LogP contribution in [0.25, 0.3) is 0 Å². The molecule has 0 aliphatic heterocycles. The van der Waals surface area contributed by atoms with Gasteiger partial charge in [-0.05, 0) is 31.5 Å². The molecular weight excluding hydrogens is 364 g/mol. The van der Waals surface area contributed by atoms with Gasteiger partial charge >= 0.3 is 5.97 Å². The number of nitrogens with one attached hydrogen (secondary N) is 2. The number of ether oxygens (including phenoxy) is 1. The van der Waals surface area contributed by atoms with E-state index in [4.69, 9.17) is 4.42 Å². The number of rotatable bonds is 5. The van der Waals surface area contributed by atoms with Gasteiger partial charge in [0, 0.05) is 29.7 Å². The van der Waals surface area contributed by atoms with Crippen molar-refractivity contribution >= 4 is 29.3 Å². The summed E-state index contributed by atoms with van der Waals surface area (Å²) in [7, 11) is 1.23. The Hall–Kier alpha value is -3.42. The lowest BCUT2D eigenvalue weighted by molar-refractivity contribution is -0.139. The third-order valence-electron chi connectivity index (χ3n) is 4.52. The SMILES string of the molecule is COC(=O)CNC(=O)c1cccc(NC(=O)c2oc3c(c2C)C(=O)CCC3)c1. The summed E-state index contributed by atoms with van der Waals surface area (Å²) in [6.45, 7) is 1.44. The van der Waals surface area contributed by atoms with E-state index in [1.54, 1.807) is 25.1 Å². The molecule has 2 N–H and O–H groups in total. The van der Waals surface area contributed by atoms with Crippen LogP contribution in [-0.2, 0) is 16.0 Å². The van der Waals surface area contributed by atoms with Crippen LogP contribution in [0.4, 0.5) is 5.69 Å². The standard InChI is InChI=1S/C20H20N2O6/c1-11-17-14(23)7-4-8-15(17)28-18(11)20(26)22-13-6-3-5-12(9-13)19(25)21-10-16(24)27-2/h3,5-6,9H,4,7-8,10H2,1-2H3,(H,21,25)(H,22,26). The van der Waals surface area contributed by atoms with E-state index >= 15 is 0 Å². The molecule has 0 atom stereocenters. The number of amides is 2. The van der Waals surface area contributed by atoms with Gasteiger partial charge in [-0.15, -0.1) is 0 Å². The maximum absolute atomic E-state index is 12.6. The summed E-state index contributed by atoms with van der Waals surface area (Å²) in [5.41, 5.74) is 1.69. The van der Waals surface area contributed by atoms with Crippen molar-refractivity contribution in [2.75, 3.05) is 19.0 Å². The molecule has 1 aliphatic carbocycles. The van der Waals surface area contributed by atoms with Crippen LogP contribution in [0.15, 0.2) is 28.7 Å². The molecule has 2 aromatic rings. The van der Waals surface area contributed by atoms with Crippen molar-refractivity contribution in [3.05, 3.63) is 52.5 Å². The molecule has 2 amide bonds. The van der Waals surface area contributed by atoms with Crippen molar-refractivity contribution in [1.29, 1.82) is 0 Å². The second-order valence-electron chi connectivity index (χ2n) is 6.42. The van der Waals surface area contributed by atoms with Crippen molar-refractivity contribution in [3.63, 3.8) is 0 Å². The van der Waals surface area contributed by atoms with Gasteiger partial charge in [0.15, 0.2) is 11.5 Å². The van der Waals surface area contributed by atoms with Gasteiger partial charge in [-0.1, -0.05) is 6.07 Å². The molecule has 0 spiro atoms. The van der Waals surface area contributed by atoms with E-state index < -0.39 is 17.8 Å². The number of carbonyl (C=O) groups is 4. The lowest BCUT2D eigenvalue weighted by Crippen LogP contribution is -2.30. The average Bonchev–Trinajstić information content (AvgIpc) is 3.04. The van der Waals surface area contributed by atoms with Gasteiger partial charge in [-0.25, -0.2) is 0 Å². The van der Waals surface area contributed by atoms with Gasteiger partial charge in [-0.3, -0.25) is 19.2 Å². The van der Waals surface area contributed by atoms with Crippen molar-refractivity contribution < 1.29 is 28.3 Å². The summed E-state index contributed by atoms with van der Waals surface area (Å²) < 4.78 is 10.1. The zero-order chi connectivity index (χ0) is 20.3. The molecule has 146 valence electrons. The number of Topliss-reactive ketones (excluding diaryl/α,β-unsaturated/α-hetero) is 1. The number of carbonyl (C=O) groups excluding carboxylic acids is 4. The number of aryl methyl sites for hydroxylation is 1. The number of ketones is 1. The molecule has 0 saturated heterocycles. The van der Waals surface area contributed by atoms with Crippen molar-refractivity contribution in [2.45, 2.75) is 26.2 Å². The number of hydrogen-bond donors (Lipinski definition) is 2. The smallest absolute Gasteiger partial charge is 0.325 e. The van der Waals surface area contributed by atoms with E-state index in [9.17, 15) is 19.2 Å². The summed E-state index contributed by atoms with van der Waals surface area (Å²) in [6.07, 6.45) is 1.80. The Morgan fingerprint density at radius 1 is 1.18 bits per heavy atom. The minimum absolute atomic E-state index is 0.00850. The summed E-state index contributed by atoms with van der Waals surface area (Å²) in [5, 5.41) is 5.11. The Labute approximate surface area is 161 Å². The maximum Gasteiger partial charge on any atom is 0.325 e. The van der Waals surface area contributed by atoms with E-state index in [1.165, 1.54) is 13.2 Å². The first-order valence-electron chi connectivity index (χ1n) is 8.82. The van der Waals surface area contributed by atoms with Crippen molar-refractivity contribution in [2.24, 2.45) is 0 Å². The molecule has 0 saturated carbocycles. The summed E-state index contributed by atoms with van der Waals surface area (Å²) in [4.78, 5) is 47.9. The predicted octanol–water partition coefficient (Wildman–Crippen LogP) is 2.26. The monoisotopic (exact) mass is 384 g/mol. The topological polar surface area (TPSA) is 115 Å². The highest BCUT2D eigenvalue weighted by Gasteiger charge is 2.28. The van der Waals surface area contributed by atoms with Crippen LogP contribution in [0.3, 0.4) is 0 Å². The van der Waals surface area contributed by atoms with Gasteiger partial charge in [-0.2, -0.15) is 0 Å². The fraction of sp³-hybridized carbons (Fsp3) is 0.300. The summed E-state index contributed by atoms with van der Waals surface area (Å²) in [6, 6.07) is 6.26. The van der Waals surface area contributed by atoms with Crippen LogP contribution in [0.1, 0.15) is 55.4 Å². The van der Waals surface area contributed by atoms with Crippen LogP contribution in [0, 0.1) is 6.92 Å². The van der Waals surface area contributed by atoms with Gasteiger partial charge in [0.2, 0.25) is 0 Å². The molecule has 1 aromatic heterocycles. The lowest BCUT2D eigenvalue weighted by Gasteiger charge is -2.08. The van der Waals surface area contributed by atoms with Crippen LogP contribution in [-0.4, -0.2) is 37.2 Å². The highest BCUT2D eigenvalue weighted by Crippen LogP contribution is 2.29. The van der Waals surface area contributed by atoms with Gasteiger partial charge in [0.1, 0.15) is 12.3 Å². The van der Waals surface area contributed by atoms with E-state index in [1.807, 2.05) is 0 Å². The molecule has 3 rings (SSSR count). The third kappa shape index (κ3) is 3.95. The predicted molar refractivity (Wildman–Crippen MR) is 99.5 cm³/mol. The maximum atomic E-state index is 12.6. The molecule has 0 unspecified atom stereocenters. The number of fused-ring (bicyclic) bond motifs is 1. The van der Waals surface area contributed by atoms with E-state index in [0.29, 0.717) is 41.8 Å². The molecule has 0 radical (unpaired) electrons. The first-order chi connectivity index (χ1) is 13.4. The molecule has 0 fully saturated rings. The zero-order valence-electron chi connectivity index (χ0n) is 15.6. The molecule has 1 aliphatic rings. The second-order valence-corrected chi connectivity index (χ2v) is 6.42. The fourth-order valence-corrected chi connectivity index (χ4v) is 3.12. The van der Waals surface area contributed by atoms with Crippen molar-refractivity contribution in [3.8, 4) is 0 Å². The van der Waals surface area contributed by atoms with E-state index in [2.05, 4.69) is 15.4 Å². The number of anilines is 1.